The molecule has 0 radical (unpaired) electrons. The van der Waals surface area contributed by atoms with Crippen LogP contribution in [0.25, 0.3) is 0 Å². The number of ether oxygens (including phenoxy) is 1. The van der Waals surface area contributed by atoms with Crippen LogP contribution in [0, 0.1) is 34.5 Å². The number of amides is 1. The Balaban J connectivity index is 1.64. The number of hydrogen-bond donors (Lipinski definition) is 1. The average molecular weight is 331 g/mol. The molecule has 0 saturated heterocycles. The molecule has 0 spiro atoms. The number of esters is 1. The summed E-state index contributed by atoms with van der Waals surface area (Å²) in [6.45, 7) is 4.66. The van der Waals surface area contributed by atoms with Crippen molar-refractivity contribution >= 4 is 11.9 Å². The van der Waals surface area contributed by atoms with E-state index in [9.17, 15) is 9.59 Å². The molecule has 4 rings (SSSR count). The summed E-state index contributed by atoms with van der Waals surface area (Å²) in [6.07, 6.45) is 10.5. The van der Waals surface area contributed by atoms with E-state index >= 15 is 0 Å². The molecule has 0 bridgehead atoms. The van der Waals surface area contributed by atoms with E-state index < -0.39 is 0 Å². The monoisotopic (exact) mass is 331 g/mol. The van der Waals surface area contributed by atoms with Crippen LogP contribution in [-0.4, -0.2) is 25.0 Å². The quantitative estimate of drug-likeness (QED) is 0.751. The topological polar surface area (TPSA) is 55.4 Å². The van der Waals surface area contributed by atoms with Crippen LogP contribution in [0.5, 0.6) is 0 Å². The van der Waals surface area contributed by atoms with Crippen LogP contribution in [0.2, 0.25) is 0 Å². The first-order valence-corrected chi connectivity index (χ1v) is 9.47. The third-order valence-electron chi connectivity index (χ3n) is 8.17. The van der Waals surface area contributed by atoms with Gasteiger partial charge in [-0.05, 0) is 67.8 Å². The van der Waals surface area contributed by atoms with Crippen LogP contribution in [0.1, 0.15) is 52.4 Å². The summed E-state index contributed by atoms with van der Waals surface area (Å²) in [5, 5.41) is 3.20. The predicted octanol–water partition coefficient (Wildman–Crippen LogP) is 3.07. The fraction of sp³-hybridized carbons (Fsp3) is 0.800. The highest BCUT2D eigenvalue weighted by Gasteiger charge is 2.61. The largest absolute Gasteiger partial charge is 0.469 e. The summed E-state index contributed by atoms with van der Waals surface area (Å²) < 4.78 is 5.10. The number of carbonyl (C=O) groups excluding carboxylic acids is 2. The van der Waals surface area contributed by atoms with Gasteiger partial charge in [0.2, 0.25) is 5.91 Å². The molecule has 3 fully saturated rings. The van der Waals surface area contributed by atoms with Crippen LogP contribution in [0.4, 0.5) is 0 Å². The number of hydrogen-bond acceptors (Lipinski definition) is 3. The standard InChI is InChI=1S/C20H29NO3/c1-19-10-8-14-12(13(19)5-6-15(19)18(23)24-3)4-7-16-20(14,2)11-9-17(22)21-16/h9,11-16H,4-8,10H2,1-3H3,(H,21,22)/t12-,13-,14-,15+,16+,19-,20+/m1/s1. The molecule has 1 heterocycles. The molecule has 132 valence electrons. The van der Waals surface area contributed by atoms with E-state index in [1.54, 1.807) is 6.08 Å². The van der Waals surface area contributed by atoms with Crippen molar-refractivity contribution in [3.63, 3.8) is 0 Å². The van der Waals surface area contributed by atoms with E-state index in [-0.39, 0.29) is 34.7 Å². The van der Waals surface area contributed by atoms with Crippen molar-refractivity contribution in [2.24, 2.45) is 34.5 Å². The summed E-state index contributed by atoms with van der Waals surface area (Å²) in [4.78, 5) is 24.0. The van der Waals surface area contributed by atoms with Gasteiger partial charge >= 0.3 is 5.97 Å². The lowest BCUT2D eigenvalue weighted by Crippen LogP contribution is -2.59. The Morgan fingerprint density at radius 3 is 2.71 bits per heavy atom. The number of nitrogens with one attached hydrogen (secondary N) is 1. The van der Waals surface area contributed by atoms with E-state index in [2.05, 4.69) is 25.2 Å². The molecule has 4 heteroatoms. The van der Waals surface area contributed by atoms with Gasteiger partial charge in [-0.3, -0.25) is 9.59 Å². The van der Waals surface area contributed by atoms with E-state index in [1.165, 1.54) is 13.5 Å². The number of rotatable bonds is 1. The molecule has 7 atom stereocenters. The number of fused-ring (bicyclic) bond motifs is 5. The maximum atomic E-state index is 12.3. The highest BCUT2D eigenvalue weighted by atomic mass is 16.5. The Kier molecular flexibility index (Phi) is 3.59. The van der Waals surface area contributed by atoms with E-state index in [0.717, 1.165) is 32.1 Å². The van der Waals surface area contributed by atoms with Gasteiger partial charge in [-0.25, -0.2) is 0 Å². The van der Waals surface area contributed by atoms with E-state index in [1.807, 2.05) is 0 Å². The third kappa shape index (κ3) is 2.04. The normalized spacial score (nSPS) is 49.6. The Labute approximate surface area is 144 Å². The van der Waals surface area contributed by atoms with Gasteiger partial charge < -0.3 is 10.1 Å². The van der Waals surface area contributed by atoms with Gasteiger partial charge in [-0.1, -0.05) is 19.9 Å². The molecule has 0 aromatic heterocycles. The van der Waals surface area contributed by atoms with Crippen LogP contribution in [-0.2, 0) is 14.3 Å². The minimum Gasteiger partial charge on any atom is -0.469 e. The fourth-order valence-corrected chi connectivity index (χ4v) is 6.86. The highest BCUT2D eigenvalue weighted by Crippen LogP contribution is 2.65. The van der Waals surface area contributed by atoms with Crippen LogP contribution in [0.3, 0.4) is 0 Å². The van der Waals surface area contributed by atoms with Crippen molar-refractivity contribution in [1.82, 2.24) is 5.32 Å². The molecular weight excluding hydrogens is 302 g/mol. The second-order valence-electron chi connectivity index (χ2n) is 8.91. The van der Waals surface area contributed by atoms with Gasteiger partial charge in [0, 0.05) is 11.5 Å². The Bertz CT molecular complexity index is 600. The zero-order chi connectivity index (χ0) is 17.1. The fourth-order valence-electron chi connectivity index (χ4n) is 6.86. The van der Waals surface area contributed by atoms with Crippen molar-refractivity contribution in [3.8, 4) is 0 Å². The molecule has 4 nitrogen and oxygen atoms in total. The summed E-state index contributed by atoms with van der Waals surface area (Å²) in [7, 11) is 1.52. The summed E-state index contributed by atoms with van der Waals surface area (Å²) in [5.74, 6) is 2.01. The van der Waals surface area contributed by atoms with Crippen molar-refractivity contribution < 1.29 is 14.3 Å². The first-order valence-electron chi connectivity index (χ1n) is 9.47. The van der Waals surface area contributed by atoms with Crippen LogP contribution in [0.15, 0.2) is 12.2 Å². The molecule has 3 saturated carbocycles. The first-order chi connectivity index (χ1) is 11.4. The maximum Gasteiger partial charge on any atom is 0.309 e. The highest BCUT2D eigenvalue weighted by molar-refractivity contribution is 5.89. The first kappa shape index (κ1) is 16.2. The predicted molar refractivity (Wildman–Crippen MR) is 91.0 cm³/mol. The molecule has 1 N–H and O–H groups in total. The van der Waals surface area contributed by atoms with Gasteiger partial charge in [0.1, 0.15) is 0 Å². The lowest BCUT2D eigenvalue weighted by Gasteiger charge is -2.58. The van der Waals surface area contributed by atoms with E-state index in [0.29, 0.717) is 17.8 Å². The number of methoxy groups -OCH3 is 1. The minimum atomic E-state index is -0.0110. The Hall–Kier alpha value is -1.32. The summed E-state index contributed by atoms with van der Waals surface area (Å²) in [6, 6.07) is 0.276. The molecule has 0 unspecified atom stereocenters. The molecule has 1 aliphatic heterocycles. The Morgan fingerprint density at radius 1 is 1.17 bits per heavy atom. The summed E-state index contributed by atoms with van der Waals surface area (Å²) >= 11 is 0. The smallest absolute Gasteiger partial charge is 0.309 e. The zero-order valence-electron chi connectivity index (χ0n) is 15.0. The van der Waals surface area contributed by atoms with Crippen LogP contribution < -0.4 is 5.32 Å². The van der Waals surface area contributed by atoms with Gasteiger partial charge in [0.05, 0.1) is 13.0 Å². The molecule has 1 amide bonds. The average Bonchev–Trinajstić information content (AvgIpc) is 2.92. The second-order valence-corrected chi connectivity index (χ2v) is 8.91. The van der Waals surface area contributed by atoms with E-state index in [4.69, 9.17) is 4.74 Å². The van der Waals surface area contributed by atoms with Gasteiger partial charge in [-0.15, -0.1) is 0 Å². The third-order valence-corrected chi connectivity index (χ3v) is 8.17. The molecule has 0 aromatic rings. The molecule has 4 aliphatic rings. The van der Waals surface area contributed by atoms with Gasteiger partial charge in [-0.2, -0.15) is 0 Å². The number of carbonyl (C=O) groups is 2. The lowest BCUT2D eigenvalue weighted by molar-refractivity contribution is -0.153. The molecule has 0 aromatic carbocycles. The SMILES string of the molecule is COC(=O)[C@@H]1CC[C@@H]2[C@H]3CC[C@@H]4NC(=O)C=C[C@@]4(C)[C@@H]3CC[C@]21C. The molecule has 24 heavy (non-hydrogen) atoms. The molecular formula is C20H29NO3. The summed E-state index contributed by atoms with van der Waals surface area (Å²) in [5.41, 5.74) is 0.167. The molecule has 3 aliphatic carbocycles. The zero-order valence-corrected chi connectivity index (χ0v) is 15.0. The maximum absolute atomic E-state index is 12.3. The lowest BCUT2D eigenvalue weighted by atomic mass is 9.48. The second kappa shape index (κ2) is 5.34. The van der Waals surface area contributed by atoms with Crippen molar-refractivity contribution in [1.29, 1.82) is 0 Å². The van der Waals surface area contributed by atoms with Crippen molar-refractivity contribution in [2.75, 3.05) is 7.11 Å². The van der Waals surface area contributed by atoms with Crippen molar-refractivity contribution in [2.45, 2.75) is 58.4 Å². The minimum absolute atomic E-state index is 0.0110. The van der Waals surface area contributed by atoms with Crippen LogP contribution >= 0.6 is 0 Å². The van der Waals surface area contributed by atoms with Crippen molar-refractivity contribution in [3.05, 3.63) is 12.2 Å². The van der Waals surface area contributed by atoms with Gasteiger partial charge in [0.25, 0.3) is 0 Å². The Morgan fingerprint density at radius 2 is 1.96 bits per heavy atom. The van der Waals surface area contributed by atoms with Gasteiger partial charge in [0.15, 0.2) is 0 Å².